The number of likely N-dealkylation sites (tertiary alicyclic amines) is 2. The molecule has 4 aliphatic rings. The van der Waals surface area contributed by atoms with Crippen LogP contribution in [0.3, 0.4) is 0 Å². The highest BCUT2D eigenvalue weighted by Gasteiger charge is 2.43. The third kappa shape index (κ3) is 7.87. The first-order valence-electron chi connectivity index (χ1n) is 24.0. The molecule has 4 N–H and O–H groups in total. The van der Waals surface area contributed by atoms with E-state index in [-0.39, 0.29) is 35.7 Å². The summed E-state index contributed by atoms with van der Waals surface area (Å²) in [5.41, 5.74) is 11.5. The fourth-order valence-corrected chi connectivity index (χ4v) is 11.4. The van der Waals surface area contributed by atoms with E-state index in [9.17, 15) is 19.2 Å². The Bertz CT molecular complexity index is 2900. The van der Waals surface area contributed by atoms with Gasteiger partial charge < -0.3 is 39.9 Å². The van der Waals surface area contributed by atoms with Crippen molar-refractivity contribution in [2.45, 2.75) is 103 Å². The zero-order chi connectivity index (χ0) is 46.7. The number of H-pyrrole nitrogens is 2. The number of carbonyl (C=O) groups excluding carboxylic acids is 4. The lowest BCUT2D eigenvalue weighted by atomic mass is 9.73. The second kappa shape index (κ2) is 17.8. The molecule has 6 atom stereocenters. The molecule has 4 amide bonds. The Kier molecular flexibility index (Phi) is 11.8. The third-order valence-corrected chi connectivity index (χ3v) is 15.0. The minimum Gasteiger partial charge on any atom is -0.453 e. The second-order valence-electron chi connectivity index (χ2n) is 19.5. The topological polar surface area (TPSA) is 175 Å². The molecule has 14 nitrogen and oxygen atoms in total. The minimum atomic E-state index is -0.699. The average Bonchev–Trinajstić information content (AvgIpc) is 4.18. The SMILES string of the molecule is COC(=O)NC(C(=O)N1CCCC1c1ncc(-c2ccc(-c3ccc(-c4ccc5nc(C6CCCN6C(=O)C(NC(=O)OC)C(C)C)[nH]c5c4)c4c3C3CCC3C4)c3ccccc23)[nH]1)C(C)C. The normalized spacial score (nSPS) is 20.8. The Hall–Kier alpha value is -6.70. The predicted molar refractivity (Wildman–Crippen MR) is 257 cm³/mol. The van der Waals surface area contributed by atoms with Gasteiger partial charge in [0.1, 0.15) is 23.7 Å². The highest BCUT2D eigenvalue weighted by atomic mass is 16.5. The van der Waals surface area contributed by atoms with Crippen molar-refractivity contribution in [2.75, 3.05) is 27.3 Å². The van der Waals surface area contributed by atoms with Gasteiger partial charge in [0.25, 0.3) is 0 Å². The van der Waals surface area contributed by atoms with E-state index in [0.717, 1.165) is 77.0 Å². The number of hydrogen-bond donors (Lipinski definition) is 4. The van der Waals surface area contributed by atoms with Crippen LogP contribution >= 0.6 is 0 Å². The maximum absolute atomic E-state index is 13.9. The van der Waals surface area contributed by atoms with Gasteiger partial charge in [-0.05, 0) is 125 Å². The molecule has 1 saturated carbocycles. The van der Waals surface area contributed by atoms with Crippen LogP contribution in [0.5, 0.6) is 0 Å². The summed E-state index contributed by atoms with van der Waals surface area (Å²) < 4.78 is 9.66. The number of hydrogen-bond acceptors (Lipinski definition) is 8. The summed E-state index contributed by atoms with van der Waals surface area (Å²) >= 11 is 0. The molecule has 2 aliphatic heterocycles. The zero-order valence-corrected chi connectivity index (χ0v) is 39.1. The Labute approximate surface area is 390 Å². The van der Waals surface area contributed by atoms with E-state index in [4.69, 9.17) is 19.4 Å². The lowest BCUT2D eigenvalue weighted by molar-refractivity contribution is -0.136. The van der Waals surface area contributed by atoms with Crippen molar-refractivity contribution < 1.29 is 28.7 Å². The fraction of sp³-hybridized carbons (Fsp3) is 0.434. The Balaban J connectivity index is 0.948. The second-order valence-corrected chi connectivity index (χ2v) is 19.5. The van der Waals surface area contributed by atoms with Gasteiger partial charge in [0.05, 0.1) is 49.2 Å². The molecule has 0 spiro atoms. The number of carbonyl (C=O) groups is 4. The van der Waals surface area contributed by atoms with Gasteiger partial charge in [-0.25, -0.2) is 19.6 Å². The van der Waals surface area contributed by atoms with Crippen molar-refractivity contribution >= 4 is 45.8 Å². The molecular weight excluding hydrogens is 845 g/mol. The first kappa shape index (κ1) is 44.2. The summed E-state index contributed by atoms with van der Waals surface area (Å²) in [6.07, 6.45) is 7.38. The van der Waals surface area contributed by atoms with Crippen LogP contribution in [0.4, 0.5) is 9.59 Å². The summed E-state index contributed by atoms with van der Waals surface area (Å²) in [6, 6.07) is 22.4. The number of rotatable bonds is 11. The van der Waals surface area contributed by atoms with Gasteiger partial charge in [0, 0.05) is 18.7 Å². The van der Waals surface area contributed by atoms with Crippen LogP contribution in [0.2, 0.25) is 0 Å². The van der Waals surface area contributed by atoms with Crippen molar-refractivity contribution in [1.82, 2.24) is 40.4 Å². The van der Waals surface area contributed by atoms with Gasteiger partial charge >= 0.3 is 12.2 Å². The molecule has 2 aromatic heterocycles. The zero-order valence-electron chi connectivity index (χ0n) is 39.1. The van der Waals surface area contributed by atoms with Crippen LogP contribution in [0, 0.1) is 17.8 Å². The molecule has 2 aliphatic carbocycles. The van der Waals surface area contributed by atoms with Gasteiger partial charge in [0.2, 0.25) is 11.8 Å². The van der Waals surface area contributed by atoms with Gasteiger partial charge in [-0.2, -0.15) is 0 Å². The fourth-order valence-electron chi connectivity index (χ4n) is 11.4. The lowest BCUT2D eigenvalue weighted by Crippen LogP contribution is -2.51. The molecule has 6 unspecified atom stereocenters. The predicted octanol–water partition coefficient (Wildman–Crippen LogP) is 9.58. The minimum absolute atomic E-state index is 0.110. The van der Waals surface area contributed by atoms with Crippen LogP contribution in [-0.4, -0.2) is 93.1 Å². The number of benzene rings is 4. The van der Waals surface area contributed by atoms with Gasteiger partial charge in [-0.1, -0.05) is 82.3 Å². The highest BCUT2D eigenvalue weighted by molar-refractivity contribution is 6.05. The number of ether oxygens (including phenoxy) is 2. The first-order chi connectivity index (χ1) is 32.4. The molecule has 348 valence electrons. The molecule has 4 heterocycles. The smallest absolute Gasteiger partial charge is 0.407 e. The summed E-state index contributed by atoms with van der Waals surface area (Å²) in [7, 11) is 2.61. The Morgan fingerprint density at radius 2 is 1.28 bits per heavy atom. The standard InChI is InChI=1S/C53H60N8O6/c1-28(2)46(58-52(64)66-5)50(62)60-23-9-13-43(60)48-54-27-42(57-48)37-20-19-36(34-11-7-8-12-35(34)37)38-21-18-32(39-25-30-15-17-33(30)45(38)39)31-16-22-40-41(26-31)56-49(55-40)44-14-10-24-61(44)51(63)47(29(3)4)59-53(65)67-6/h7-8,11-12,16,18-22,26-30,33,43-44,46-47H,9-10,13-15,17,23-25H2,1-6H3,(H,54,57)(H,55,56)(H,58,64)(H,59,65). The van der Waals surface area contributed by atoms with E-state index in [1.165, 1.54) is 60.3 Å². The van der Waals surface area contributed by atoms with E-state index < -0.39 is 24.3 Å². The quantitative estimate of drug-likeness (QED) is 0.0995. The largest absolute Gasteiger partial charge is 0.453 e. The molecule has 4 aromatic carbocycles. The number of methoxy groups -OCH3 is 2. The molecule has 67 heavy (non-hydrogen) atoms. The lowest BCUT2D eigenvalue weighted by Gasteiger charge is -2.32. The molecule has 0 bridgehead atoms. The summed E-state index contributed by atoms with van der Waals surface area (Å²) in [6.45, 7) is 8.88. The van der Waals surface area contributed by atoms with Crippen molar-refractivity contribution in [3.63, 3.8) is 0 Å². The number of aromatic amines is 2. The van der Waals surface area contributed by atoms with Crippen LogP contribution in [-0.2, 0) is 25.5 Å². The number of alkyl carbamates (subject to hydrolysis) is 2. The van der Waals surface area contributed by atoms with Crippen molar-refractivity contribution in [1.29, 1.82) is 0 Å². The highest BCUT2D eigenvalue weighted by Crippen LogP contribution is 2.57. The molecule has 2 saturated heterocycles. The molecule has 0 radical (unpaired) electrons. The average molecular weight is 905 g/mol. The summed E-state index contributed by atoms with van der Waals surface area (Å²) in [5.74, 6) is 2.18. The molecule has 3 fully saturated rings. The van der Waals surface area contributed by atoms with Crippen LogP contribution in [0.15, 0.2) is 72.9 Å². The van der Waals surface area contributed by atoms with Crippen LogP contribution < -0.4 is 10.6 Å². The summed E-state index contributed by atoms with van der Waals surface area (Å²) in [5, 5.41) is 7.79. The van der Waals surface area contributed by atoms with E-state index in [1.807, 2.05) is 43.7 Å². The number of aromatic nitrogens is 4. The number of fused-ring (bicyclic) bond motifs is 5. The summed E-state index contributed by atoms with van der Waals surface area (Å²) in [4.78, 5) is 72.8. The van der Waals surface area contributed by atoms with Crippen molar-refractivity contribution in [2.24, 2.45) is 17.8 Å². The Morgan fingerprint density at radius 1 is 0.687 bits per heavy atom. The number of nitrogens with zero attached hydrogens (tertiary/aromatic N) is 4. The van der Waals surface area contributed by atoms with E-state index >= 15 is 0 Å². The van der Waals surface area contributed by atoms with Gasteiger partial charge in [-0.15, -0.1) is 0 Å². The maximum Gasteiger partial charge on any atom is 0.407 e. The molecular formula is C53H60N8O6. The number of amides is 4. The third-order valence-electron chi connectivity index (χ3n) is 15.0. The monoisotopic (exact) mass is 904 g/mol. The van der Waals surface area contributed by atoms with Gasteiger partial charge in [0.15, 0.2) is 0 Å². The number of imidazole rings is 2. The van der Waals surface area contributed by atoms with E-state index in [0.29, 0.717) is 24.9 Å². The first-order valence-corrected chi connectivity index (χ1v) is 24.0. The van der Waals surface area contributed by atoms with E-state index in [2.05, 4.69) is 87.3 Å². The van der Waals surface area contributed by atoms with Crippen LogP contribution in [0.25, 0.3) is 55.3 Å². The van der Waals surface area contributed by atoms with Crippen LogP contribution in [0.1, 0.15) is 107 Å². The molecule has 10 rings (SSSR count). The van der Waals surface area contributed by atoms with Crippen molar-refractivity contribution in [3.05, 3.63) is 95.7 Å². The Morgan fingerprint density at radius 3 is 1.90 bits per heavy atom. The van der Waals surface area contributed by atoms with Gasteiger partial charge in [-0.3, -0.25) is 9.59 Å². The maximum atomic E-state index is 13.9. The molecule has 6 aromatic rings. The van der Waals surface area contributed by atoms with Crippen molar-refractivity contribution in [3.8, 4) is 33.5 Å². The molecule has 14 heteroatoms. The van der Waals surface area contributed by atoms with E-state index in [1.54, 1.807) is 0 Å². The number of nitrogens with one attached hydrogen (secondary N) is 4.